The maximum Gasteiger partial charge on any atom is 0.142 e. The van der Waals surface area contributed by atoms with E-state index >= 15 is 0 Å². The molecule has 0 unspecified atom stereocenters. The Morgan fingerprint density at radius 1 is 0.889 bits per heavy atom. The molecule has 0 saturated heterocycles. The third-order valence-corrected chi connectivity index (χ3v) is 5.06. The van der Waals surface area contributed by atoms with Crippen LogP contribution in [0.2, 0.25) is 0 Å². The Kier molecular flexibility index (Phi) is 6.29. The lowest BCUT2D eigenvalue weighted by Crippen LogP contribution is -2.17. The van der Waals surface area contributed by atoms with E-state index in [4.69, 9.17) is 0 Å². The molecule has 0 aromatic heterocycles. The average Bonchev–Trinajstić information content (AvgIpc) is 2.53. The van der Waals surface area contributed by atoms with Crippen LogP contribution in [-0.2, 0) is 17.3 Å². The number of hydrogen-bond donors (Lipinski definition) is 2. The van der Waals surface area contributed by atoms with Crippen LogP contribution >= 0.6 is 0 Å². The van der Waals surface area contributed by atoms with Gasteiger partial charge >= 0.3 is 0 Å². The average molecular weight is 368 g/mol. The summed E-state index contributed by atoms with van der Waals surface area (Å²) in [6, 6.07) is 12.7. The lowest BCUT2D eigenvalue weighted by molar-refractivity contribution is 0.447. The van der Waals surface area contributed by atoms with Gasteiger partial charge in [-0.2, -0.15) is 0 Å². The largest absolute Gasteiger partial charge is 0.505 e. The molecular weight excluding hydrogens is 330 g/mol. The minimum absolute atomic E-state index is 0.0152. The molecule has 0 bridgehead atoms. The fourth-order valence-electron chi connectivity index (χ4n) is 3.18. The highest BCUT2D eigenvalue weighted by atomic mass is 16.3. The molecule has 0 aliphatic heterocycles. The van der Waals surface area contributed by atoms with E-state index in [2.05, 4.69) is 97.1 Å². The smallest absolute Gasteiger partial charge is 0.142 e. The van der Waals surface area contributed by atoms with Gasteiger partial charge in [0.15, 0.2) is 0 Å². The third-order valence-electron chi connectivity index (χ3n) is 5.06. The zero-order valence-electron chi connectivity index (χ0n) is 18.4. The van der Waals surface area contributed by atoms with E-state index in [0.29, 0.717) is 11.7 Å². The molecule has 2 rings (SSSR count). The van der Waals surface area contributed by atoms with Gasteiger partial charge in [0.2, 0.25) is 0 Å². The first-order chi connectivity index (χ1) is 12.4. The van der Waals surface area contributed by atoms with Gasteiger partial charge in [-0.05, 0) is 52.8 Å². The van der Waals surface area contributed by atoms with E-state index in [1.165, 1.54) is 11.1 Å². The number of phenolic OH excluding ortho intramolecular Hbond substituents is 1. The second-order valence-electron chi connectivity index (χ2n) is 10.1. The maximum atomic E-state index is 11.0. The van der Waals surface area contributed by atoms with Crippen LogP contribution in [0.25, 0.3) is 0 Å². The second kappa shape index (κ2) is 7.96. The molecule has 2 aromatic rings. The van der Waals surface area contributed by atoms with Crippen molar-refractivity contribution in [1.82, 2.24) is 0 Å². The zero-order valence-corrected chi connectivity index (χ0v) is 18.4. The Balaban J connectivity index is 2.50. The monoisotopic (exact) mass is 367 g/mol. The minimum atomic E-state index is -0.126. The number of phenols is 1. The lowest BCUT2D eigenvalue weighted by Gasteiger charge is -2.28. The molecule has 0 spiro atoms. The zero-order chi connectivity index (χ0) is 20.4. The molecule has 2 N–H and O–H groups in total. The Hall–Kier alpha value is -1.96. The van der Waals surface area contributed by atoms with Crippen molar-refractivity contribution in [2.24, 2.45) is 5.92 Å². The number of hydrogen-bond acceptors (Lipinski definition) is 2. The highest BCUT2D eigenvalue weighted by molar-refractivity contribution is 5.72. The summed E-state index contributed by atoms with van der Waals surface area (Å²) in [5, 5.41) is 14.6. The third kappa shape index (κ3) is 5.51. The Labute approximate surface area is 166 Å². The van der Waals surface area contributed by atoms with Crippen LogP contribution in [0.15, 0.2) is 36.4 Å². The minimum Gasteiger partial charge on any atom is -0.505 e. The van der Waals surface area contributed by atoms with Crippen molar-refractivity contribution in [1.29, 1.82) is 0 Å². The van der Waals surface area contributed by atoms with Gasteiger partial charge in [-0.3, -0.25) is 0 Å². The first-order valence-electron chi connectivity index (χ1n) is 10.1. The van der Waals surface area contributed by atoms with E-state index in [-0.39, 0.29) is 10.8 Å². The highest BCUT2D eigenvalue weighted by Gasteiger charge is 2.25. The summed E-state index contributed by atoms with van der Waals surface area (Å²) in [5.74, 6) is 1.03. The molecular formula is C25H37NO. The number of nitrogens with one attached hydrogen (secondary N) is 1. The summed E-state index contributed by atoms with van der Waals surface area (Å²) in [7, 11) is 0. The lowest BCUT2D eigenvalue weighted by atomic mass is 9.79. The SMILES string of the molecule is CC(C)CCc1ccccc1Nc1cc(C(C)(C)C)cc(C(C)(C)C)c1O. The first kappa shape index (κ1) is 21.3. The van der Waals surface area contributed by atoms with Crippen LogP contribution in [0.3, 0.4) is 0 Å². The Morgan fingerprint density at radius 2 is 1.52 bits per heavy atom. The van der Waals surface area contributed by atoms with Gasteiger partial charge in [-0.25, -0.2) is 0 Å². The summed E-state index contributed by atoms with van der Waals surface area (Å²) in [4.78, 5) is 0. The van der Waals surface area contributed by atoms with E-state index in [1.807, 2.05) is 0 Å². The maximum absolute atomic E-state index is 11.0. The fraction of sp³-hybridized carbons (Fsp3) is 0.520. The fourth-order valence-corrected chi connectivity index (χ4v) is 3.18. The molecule has 0 aliphatic carbocycles. The van der Waals surface area contributed by atoms with Crippen LogP contribution in [-0.4, -0.2) is 5.11 Å². The molecule has 27 heavy (non-hydrogen) atoms. The molecule has 0 fully saturated rings. The van der Waals surface area contributed by atoms with Gasteiger partial charge in [0, 0.05) is 11.3 Å². The van der Waals surface area contributed by atoms with Crippen molar-refractivity contribution in [2.45, 2.75) is 79.1 Å². The van der Waals surface area contributed by atoms with Gasteiger partial charge in [-0.15, -0.1) is 0 Å². The number of rotatable bonds is 5. The molecule has 0 saturated carbocycles. The van der Waals surface area contributed by atoms with Crippen molar-refractivity contribution in [2.75, 3.05) is 5.32 Å². The van der Waals surface area contributed by atoms with Gasteiger partial charge in [-0.1, -0.05) is 79.7 Å². The number of para-hydroxylation sites is 1. The summed E-state index contributed by atoms with van der Waals surface area (Å²) >= 11 is 0. The summed E-state index contributed by atoms with van der Waals surface area (Å²) in [6.45, 7) is 17.6. The van der Waals surface area contributed by atoms with E-state index in [0.717, 1.165) is 29.8 Å². The van der Waals surface area contributed by atoms with Crippen LogP contribution in [0.4, 0.5) is 11.4 Å². The number of anilines is 2. The van der Waals surface area contributed by atoms with Crippen LogP contribution in [0, 0.1) is 5.92 Å². The van der Waals surface area contributed by atoms with Gasteiger partial charge < -0.3 is 10.4 Å². The van der Waals surface area contributed by atoms with E-state index in [1.54, 1.807) is 0 Å². The predicted octanol–water partition coefficient (Wildman–Crippen LogP) is 7.32. The number of aryl methyl sites for hydroxylation is 1. The molecule has 0 amide bonds. The van der Waals surface area contributed by atoms with Crippen molar-refractivity contribution in [3.63, 3.8) is 0 Å². The van der Waals surface area contributed by atoms with Crippen molar-refractivity contribution < 1.29 is 5.11 Å². The van der Waals surface area contributed by atoms with Gasteiger partial charge in [0.1, 0.15) is 5.75 Å². The molecule has 0 radical (unpaired) electrons. The molecule has 0 atom stereocenters. The quantitative estimate of drug-likeness (QED) is 0.543. The number of aromatic hydroxyl groups is 1. The van der Waals surface area contributed by atoms with E-state index in [9.17, 15) is 5.11 Å². The summed E-state index contributed by atoms with van der Waals surface area (Å²) in [6.07, 6.45) is 2.19. The first-order valence-corrected chi connectivity index (χ1v) is 10.1. The summed E-state index contributed by atoms with van der Waals surface area (Å²) in [5.41, 5.74) is 5.28. The van der Waals surface area contributed by atoms with E-state index < -0.39 is 0 Å². The van der Waals surface area contributed by atoms with Crippen molar-refractivity contribution >= 4 is 11.4 Å². The second-order valence-corrected chi connectivity index (χ2v) is 10.1. The standard InChI is InChI=1S/C25H37NO/c1-17(2)13-14-18-11-9-10-12-21(18)26-22-16-19(24(3,4)5)15-20(23(22)27)25(6,7)8/h9-12,15-17,26-27H,13-14H2,1-8H3. The molecule has 0 heterocycles. The molecule has 2 nitrogen and oxygen atoms in total. The molecule has 2 heteroatoms. The topological polar surface area (TPSA) is 32.3 Å². The normalized spacial score (nSPS) is 12.5. The molecule has 0 aliphatic rings. The van der Waals surface area contributed by atoms with Gasteiger partial charge in [0.05, 0.1) is 5.69 Å². The molecule has 2 aromatic carbocycles. The van der Waals surface area contributed by atoms with Crippen molar-refractivity contribution in [3.8, 4) is 5.75 Å². The Bertz CT molecular complexity index is 776. The van der Waals surface area contributed by atoms with Crippen LogP contribution < -0.4 is 5.32 Å². The molecule has 148 valence electrons. The Morgan fingerprint density at radius 3 is 2.07 bits per heavy atom. The van der Waals surface area contributed by atoms with Crippen molar-refractivity contribution in [3.05, 3.63) is 53.1 Å². The summed E-state index contributed by atoms with van der Waals surface area (Å²) < 4.78 is 0. The highest BCUT2D eigenvalue weighted by Crippen LogP contribution is 2.41. The predicted molar refractivity (Wildman–Crippen MR) is 118 cm³/mol. The van der Waals surface area contributed by atoms with Crippen LogP contribution in [0.1, 0.15) is 78.5 Å². The van der Waals surface area contributed by atoms with Gasteiger partial charge in [0.25, 0.3) is 0 Å². The number of benzene rings is 2. The van der Waals surface area contributed by atoms with Crippen LogP contribution in [0.5, 0.6) is 5.75 Å².